The Balaban J connectivity index is 2.50. The number of hydrogen-bond acceptors (Lipinski definition) is 7. The number of rotatable bonds is 14. The summed E-state index contributed by atoms with van der Waals surface area (Å²) >= 11 is 0. The number of hydrogen-bond donors (Lipinski definition) is 4. The zero-order valence-electron chi connectivity index (χ0n) is 15.8. The van der Waals surface area contributed by atoms with Gasteiger partial charge in [0.1, 0.15) is 0 Å². The van der Waals surface area contributed by atoms with Crippen LogP contribution in [-0.4, -0.2) is 64.0 Å². The summed E-state index contributed by atoms with van der Waals surface area (Å²) in [6.07, 6.45) is 1.18. The molecule has 3 atom stereocenters. The minimum atomic E-state index is -0.762. The van der Waals surface area contributed by atoms with Crippen molar-refractivity contribution in [3.63, 3.8) is 0 Å². The molecule has 27 heavy (non-hydrogen) atoms. The van der Waals surface area contributed by atoms with Gasteiger partial charge in [-0.2, -0.15) is 0 Å². The predicted molar refractivity (Wildman–Crippen MR) is 100 cm³/mol. The maximum atomic E-state index is 10.7. The van der Waals surface area contributed by atoms with Gasteiger partial charge >= 0.3 is 0 Å². The largest absolute Gasteiger partial charge is 0.396 e. The van der Waals surface area contributed by atoms with E-state index in [1.165, 1.54) is 12.1 Å². The van der Waals surface area contributed by atoms with Crippen LogP contribution in [0.4, 0.5) is 5.69 Å². The van der Waals surface area contributed by atoms with Gasteiger partial charge in [0.05, 0.1) is 43.6 Å². The maximum Gasteiger partial charge on any atom is 0.269 e. The highest BCUT2D eigenvalue weighted by atomic mass is 16.6. The normalized spacial score (nSPS) is 15.9. The monoisotopic (exact) mass is 385 g/mol. The minimum Gasteiger partial charge on any atom is -0.396 e. The van der Waals surface area contributed by atoms with Gasteiger partial charge in [-0.3, -0.25) is 10.1 Å². The average Bonchev–Trinajstić information content (AvgIpc) is 2.67. The number of non-ortho nitro benzene ring substituents is 1. The van der Waals surface area contributed by atoms with E-state index >= 15 is 0 Å². The van der Waals surface area contributed by atoms with E-state index in [0.717, 1.165) is 5.56 Å². The van der Waals surface area contributed by atoms with Crippen molar-refractivity contribution in [2.24, 2.45) is 5.41 Å². The molecule has 0 radical (unpaired) electrons. The van der Waals surface area contributed by atoms with Crippen LogP contribution in [0.2, 0.25) is 0 Å². The highest BCUT2D eigenvalue weighted by molar-refractivity contribution is 5.33. The van der Waals surface area contributed by atoms with Crippen molar-refractivity contribution < 1.29 is 30.1 Å². The summed E-state index contributed by atoms with van der Waals surface area (Å²) in [5.74, 6) is 0. The molecule has 0 saturated carbocycles. The molecule has 0 fully saturated rings. The second-order valence-electron chi connectivity index (χ2n) is 7.05. The molecular formula is C19H31NO7. The number of nitro groups is 1. The molecule has 8 nitrogen and oxygen atoms in total. The zero-order valence-corrected chi connectivity index (χ0v) is 15.8. The fourth-order valence-electron chi connectivity index (χ4n) is 2.84. The highest BCUT2D eigenvalue weighted by Gasteiger charge is 2.29. The van der Waals surface area contributed by atoms with Crippen LogP contribution >= 0.6 is 0 Å². The fourth-order valence-corrected chi connectivity index (χ4v) is 2.84. The van der Waals surface area contributed by atoms with Crippen LogP contribution < -0.4 is 0 Å². The van der Waals surface area contributed by atoms with Gasteiger partial charge in [-0.05, 0) is 37.7 Å². The molecule has 0 aromatic heterocycles. The fraction of sp³-hybridized carbons (Fsp3) is 0.684. The molecule has 0 saturated heterocycles. The summed E-state index contributed by atoms with van der Waals surface area (Å²) in [4.78, 5) is 10.3. The van der Waals surface area contributed by atoms with Crippen molar-refractivity contribution in [1.29, 1.82) is 0 Å². The molecule has 154 valence electrons. The molecule has 8 heteroatoms. The van der Waals surface area contributed by atoms with Crippen molar-refractivity contribution in [1.82, 2.24) is 0 Å². The lowest BCUT2D eigenvalue weighted by molar-refractivity contribution is -0.384. The summed E-state index contributed by atoms with van der Waals surface area (Å²) in [7, 11) is 0. The molecule has 0 aliphatic rings. The third-order valence-electron chi connectivity index (χ3n) is 4.82. The Morgan fingerprint density at radius 2 is 1.78 bits per heavy atom. The van der Waals surface area contributed by atoms with Gasteiger partial charge in [0, 0.05) is 17.5 Å². The van der Waals surface area contributed by atoms with E-state index in [1.807, 2.05) is 6.92 Å². The quantitative estimate of drug-likeness (QED) is 0.281. The van der Waals surface area contributed by atoms with Crippen LogP contribution in [0, 0.1) is 15.5 Å². The Kier molecular flexibility index (Phi) is 10.4. The molecule has 0 bridgehead atoms. The van der Waals surface area contributed by atoms with Gasteiger partial charge < -0.3 is 25.2 Å². The predicted octanol–water partition coefficient (Wildman–Crippen LogP) is 1.43. The second kappa shape index (κ2) is 12.0. The Labute approximate surface area is 159 Å². The summed E-state index contributed by atoms with van der Waals surface area (Å²) in [5, 5.41) is 48.6. The lowest BCUT2D eigenvalue weighted by Gasteiger charge is -2.31. The smallest absolute Gasteiger partial charge is 0.269 e. The molecule has 0 amide bonds. The lowest BCUT2D eigenvalue weighted by Crippen LogP contribution is -2.34. The molecule has 0 aliphatic carbocycles. The Morgan fingerprint density at radius 3 is 2.30 bits per heavy atom. The first-order chi connectivity index (χ1) is 12.9. The SMILES string of the molecule is CCC(CO)(COCC(O)CCCC(O)CO)Cc1ccc([N+](=O)[O-])cc1. The van der Waals surface area contributed by atoms with Crippen molar-refractivity contribution in [2.45, 2.75) is 51.2 Å². The number of nitro benzene ring substituents is 1. The molecule has 0 aliphatic heterocycles. The molecule has 1 aromatic carbocycles. The Bertz CT molecular complexity index is 545. The maximum absolute atomic E-state index is 10.7. The Morgan fingerprint density at radius 1 is 1.15 bits per heavy atom. The topological polar surface area (TPSA) is 133 Å². The van der Waals surface area contributed by atoms with E-state index in [0.29, 0.717) is 32.1 Å². The van der Waals surface area contributed by atoms with Gasteiger partial charge in [0.2, 0.25) is 0 Å². The first-order valence-corrected chi connectivity index (χ1v) is 9.24. The molecule has 1 rings (SSSR count). The third-order valence-corrected chi connectivity index (χ3v) is 4.82. The van der Waals surface area contributed by atoms with Crippen molar-refractivity contribution in [3.8, 4) is 0 Å². The molecule has 1 aromatic rings. The summed E-state index contributed by atoms with van der Waals surface area (Å²) in [5.41, 5.74) is 0.373. The van der Waals surface area contributed by atoms with E-state index in [-0.39, 0.29) is 32.1 Å². The third kappa shape index (κ3) is 8.32. The molecule has 4 N–H and O–H groups in total. The molecule has 0 heterocycles. The van der Waals surface area contributed by atoms with Gasteiger partial charge in [-0.25, -0.2) is 0 Å². The average molecular weight is 385 g/mol. The first-order valence-electron chi connectivity index (χ1n) is 9.24. The van der Waals surface area contributed by atoms with Crippen LogP contribution in [0.15, 0.2) is 24.3 Å². The number of aliphatic hydroxyl groups excluding tert-OH is 4. The lowest BCUT2D eigenvalue weighted by atomic mass is 9.80. The standard InChI is InChI=1S/C19H31NO7/c1-2-19(13-22,10-15-6-8-16(9-7-15)20(25)26)14-27-12-18(24)5-3-4-17(23)11-21/h6-9,17-18,21-24H,2-5,10-14H2,1H3. The second-order valence-corrected chi connectivity index (χ2v) is 7.05. The Hall–Kier alpha value is -1.58. The van der Waals surface area contributed by atoms with Gasteiger partial charge in [0.25, 0.3) is 5.69 Å². The van der Waals surface area contributed by atoms with E-state index in [1.54, 1.807) is 12.1 Å². The highest BCUT2D eigenvalue weighted by Crippen LogP contribution is 2.28. The van der Waals surface area contributed by atoms with E-state index < -0.39 is 22.5 Å². The van der Waals surface area contributed by atoms with E-state index in [2.05, 4.69) is 0 Å². The van der Waals surface area contributed by atoms with E-state index in [4.69, 9.17) is 9.84 Å². The van der Waals surface area contributed by atoms with E-state index in [9.17, 15) is 25.4 Å². The van der Waals surface area contributed by atoms with Crippen molar-refractivity contribution in [3.05, 3.63) is 39.9 Å². The van der Waals surface area contributed by atoms with Gasteiger partial charge in [-0.15, -0.1) is 0 Å². The number of benzene rings is 1. The van der Waals surface area contributed by atoms with Crippen LogP contribution in [0.25, 0.3) is 0 Å². The van der Waals surface area contributed by atoms with Gasteiger partial charge in [-0.1, -0.05) is 19.1 Å². The van der Waals surface area contributed by atoms with Crippen LogP contribution in [0.1, 0.15) is 38.2 Å². The van der Waals surface area contributed by atoms with Crippen LogP contribution in [0.3, 0.4) is 0 Å². The number of ether oxygens (including phenoxy) is 1. The van der Waals surface area contributed by atoms with Crippen LogP contribution in [0.5, 0.6) is 0 Å². The van der Waals surface area contributed by atoms with Crippen molar-refractivity contribution >= 4 is 5.69 Å². The molecule has 0 spiro atoms. The molecule has 3 unspecified atom stereocenters. The van der Waals surface area contributed by atoms with Crippen molar-refractivity contribution in [2.75, 3.05) is 26.4 Å². The number of aliphatic hydroxyl groups is 4. The minimum absolute atomic E-state index is 0.0236. The number of nitrogens with zero attached hydrogens (tertiary/aromatic N) is 1. The van der Waals surface area contributed by atoms with Crippen LogP contribution in [-0.2, 0) is 11.2 Å². The first kappa shape index (κ1) is 23.5. The zero-order chi connectivity index (χ0) is 20.3. The molecular weight excluding hydrogens is 354 g/mol. The summed E-state index contributed by atoms with van der Waals surface area (Å²) < 4.78 is 5.63. The summed E-state index contributed by atoms with van der Waals surface area (Å²) in [6, 6.07) is 6.25. The summed E-state index contributed by atoms with van der Waals surface area (Å²) in [6.45, 7) is 1.94. The van der Waals surface area contributed by atoms with Gasteiger partial charge in [0.15, 0.2) is 0 Å².